The topological polar surface area (TPSA) is 76.6 Å². The fourth-order valence-electron chi connectivity index (χ4n) is 3.38. The van der Waals surface area contributed by atoms with Crippen molar-refractivity contribution in [3.8, 4) is 11.5 Å². The number of rotatable bonds is 5. The van der Waals surface area contributed by atoms with E-state index in [0.717, 1.165) is 6.42 Å². The molecule has 0 fully saturated rings. The number of aromatic nitrogens is 2. The van der Waals surface area contributed by atoms with Crippen molar-refractivity contribution in [2.24, 2.45) is 0 Å². The highest BCUT2D eigenvalue weighted by Gasteiger charge is 2.22. The predicted molar refractivity (Wildman–Crippen MR) is 110 cm³/mol. The summed E-state index contributed by atoms with van der Waals surface area (Å²) in [5.41, 5.74) is 3.51. The van der Waals surface area contributed by atoms with Crippen LogP contribution in [0.15, 0.2) is 54.9 Å². The first-order chi connectivity index (χ1) is 14.2. The van der Waals surface area contributed by atoms with Gasteiger partial charge in [-0.25, -0.2) is 9.97 Å². The molecule has 7 heteroatoms. The van der Waals surface area contributed by atoms with Crippen LogP contribution >= 0.6 is 0 Å². The number of carbonyl (C=O) groups is 1. The number of carbonyl (C=O) groups excluding carboxylic acids is 1. The molecule has 2 aromatic carbocycles. The van der Waals surface area contributed by atoms with Gasteiger partial charge in [0.15, 0.2) is 0 Å². The maximum absolute atomic E-state index is 12.8. The summed E-state index contributed by atoms with van der Waals surface area (Å²) in [6.07, 6.45) is 3.90. The number of methoxy groups -OCH3 is 2. The van der Waals surface area contributed by atoms with E-state index in [-0.39, 0.29) is 5.91 Å². The Bertz CT molecular complexity index is 1020. The van der Waals surface area contributed by atoms with Gasteiger partial charge in [-0.2, -0.15) is 0 Å². The van der Waals surface area contributed by atoms with Crippen LogP contribution in [0.1, 0.15) is 21.6 Å². The molecule has 1 aliphatic heterocycles. The molecule has 0 spiro atoms. The average molecular weight is 390 g/mol. The van der Waals surface area contributed by atoms with Crippen LogP contribution in [0, 0.1) is 0 Å². The molecule has 0 saturated heterocycles. The SMILES string of the molecule is COc1ccc(OC)c(Nc2cnc(C(=O)N3CCc4ccccc4C3)cn2)c1. The van der Waals surface area contributed by atoms with Crippen LogP contribution in [0.4, 0.5) is 11.5 Å². The van der Waals surface area contributed by atoms with Crippen LogP contribution in [0.3, 0.4) is 0 Å². The second kappa shape index (κ2) is 8.18. The summed E-state index contributed by atoms with van der Waals surface area (Å²) >= 11 is 0. The number of hydrogen-bond donors (Lipinski definition) is 1. The third-order valence-corrected chi connectivity index (χ3v) is 4.96. The summed E-state index contributed by atoms with van der Waals surface area (Å²) in [4.78, 5) is 23.3. The lowest BCUT2D eigenvalue weighted by Gasteiger charge is -2.28. The zero-order valence-corrected chi connectivity index (χ0v) is 16.4. The molecule has 0 bridgehead atoms. The minimum atomic E-state index is -0.113. The standard InChI is InChI=1S/C22H22N4O3/c1-28-17-7-8-20(29-2)18(11-17)25-21-13-23-19(12-24-21)22(27)26-10-9-15-5-3-4-6-16(15)14-26/h3-8,11-13H,9-10,14H2,1-2H3,(H,24,25). The van der Waals surface area contributed by atoms with Gasteiger partial charge in [0.2, 0.25) is 0 Å². The van der Waals surface area contributed by atoms with E-state index in [1.54, 1.807) is 26.5 Å². The third-order valence-electron chi connectivity index (χ3n) is 4.96. The van der Waals surface area contributed by atoms with Gasteiger partial charge in [0.1, 0.15) is 23.0 Å². The minimum absolute atomic E-state index is 0.113. The molecule has 1 aliphatic rings. The zero-order valence-electron chi connectivity index (χ0n) is 16.4. The van der Waals surface area contributed by atoms with Crippen molar-refractivity contribution in [2.75, 3.05) is 26.1 Å². The van der Waals surface area contributed by atoms with Crippen LogP contribution in [-0.4, -0.2) is 41.5 Å². The third kappa shape index (κ3) is 3.99. The highest BCUT2D eigenvalue weighted by molar-refractivity contribution is 5.92. The number of amides is 1. The first-order valence-corrected chi connectivity index (χ1v) is 9.35. The number of hydrogen-bond acceptors (Lipinski definition) is 6. The van der Waals surface area contributed by atoms with E-state index in [9.17, 15) is 4.79 Å². The van der Waals surface area contributed by atoms with Crippen molar-refractivity contribution < 1.29 is 14.3 Å². The monoisotopic (exact) mass is 390 g/mol. The van der Waals surface area contributed by atoms with Crippen molar-refractivity contribution in [2.45, 2.75) is 13.0 Å². The van der Waals surface area contributed by atoms with Gasteiger partial charge < -0.3 is 19.7 Å². The molecule has 29 heavy (non-hydrogen) atoms. The normalized spacial score (nSPS) is 12.8. The number of anilines is 2. The van der Waals surface area contributed by atoms with E-state index in [1.807, 2.05) is 29.2 Å². The maximum atomic E-state index is 12.8. The average Bonchev–Trinajstić information content (AvgIpc) is 2.78. The van der Waals surface area contributed by atoms with Crippen LogP contribution in [0.25, 0.3) is 0 Å². The van der Waals surface area contributed by atoms with Crippen molar-refractivity contribution in [3.05, 3.63) is 71.7 Å². The molecule has 2 heterocycles. The number of fused-ring (bicyclic) bond motifs is 1. The summed E-state index contributed by atoms with van der Waals surface area (Å²) in [6, 6.07) is 13.6. The molecule has 7 nitrogen and oxygen atoms in total. The van der Waals surface area contributed by atoms with Crippen LogP contribution in [0.2, 0.25) is 0 Å². The molecular weight excluding hydrogens is 368 g/mol. The molecule has 0 unspecified atom stereocenters. The smallest absolute Gasteiger partial charge is 0.274 e. The van der Waals surface area contributed by atoms with Crippen molar-refractivity contribution in [1.82, 2.24) is 14.9 Å². The van der Waals surface area contributed by atoms with Crippen LogP contribution in [0.5, 0.6) is 11.5 Å². The minimum Gasteiger partial charge on any atom is -0.497 e. The van der Waals surface area contributed by atoms with Gasteiger partial charge in [0.25, 0.3) is 5.91 Å². The summed E-state index contributed by atoms with van der Waals surface area (Å²) in [6.45, 7) is 1.27. The van der Waals surface area contributed by atoms with Gasteiger partial charge in [0, 0.05) is 19.2 Å². The van der Waals surface area contributed by atoms with Gasteiger partial charge in [-0.05, 0) is 29.7 Å². The molecule has 0 atom stereocenters. The summed E-state index contributed by atoms with van der Waals surface area (Å²) < 4.78 is 10.6. The lowest BCUT2D eigenvalue weighted by Crippen LogP contribution is -2.36. The summed E-state index contributed by atoms with van der Waals surface area (Å²) in [5.74, 6) is 1.74. The van der Waals surface area contributed by atoms with Gasteiger partial charge in [0.05, 0.1) is 32.3 Å². The molecular formula is C22H22N4O3. The second-order valence-electron chi connectivity index (χ2n) is 6.72. The summed E-state index contributed by atoms with van der Waals surface area (Å²) in [5, 5.41) is 3.15. The van der Waals surface area contributed by atoms with E-state index in [2.05, 4.69) is 27.4 Å². The fourth-order valence-corrected chi connectivity index (χ4v) is 3.38. The lowest BCUT2D eigenvalue weighted by molar-refractivity contribution is 0.0728. The maximum Gasteiger partial charge on any atom is 0.274 e. The molecule has 1 N–H and O–H groups in total. The quantitative estimate of drug-likeness (QED) is 0.719. The first-order valence-electron chi connectivity index (χ1n) is 9.35. The van der Waals surface area contributed by atoms with Gasteiger partial charge in [-0.15, -0.1) is 0 Å². The number of ether oxygens (including phenoxy) is 2. The Balaban J connectivity index is 1.48. The second-order valence-corrected chi connectivity index (χ2v) is 6.72. The molecule has 1 amide bonds. The van der Waals surface area contributed by atoms with Crippen LogP contribution < -0.4 is 14.8 Å². The van der Waals surface area contributed by atoms with Crippen molar-refractivity contribution in [3.63, 3.8) is 0 Å². The molecule has 3 aromatic rings. The molecule has 0 saturated carbocycles. The summed E-state index contributed by atoms with van der Waals surface area (Å²) in [7, 11) is 3.20. The first kappa shape index (κ1) is 18.7. The highest BCUT2D eigenvalue weighted by Crippen LogP contribution is 2.30. The Morgan fingerprint density at radius 2 is 1.86 bits per heavy atom. The van der Waals surface area contributed by atoms with E-state index in [4.69, 9.17) is 9.47 Å². The van der Waals surface area contributed by atoms with Crippen molar-refractivity contribution in [1.29, 1.82) is 0 Å². The van der Waals surface area contributed by atoms with E-state index in [0.29, 0.717) is 41.8 Å². The Morgan fingerprint density at radius 3 is 2.59 bits per heavy atom. The van der Waals surface area contributed by atoms with Gasteiger partial charge in [-0.1, -0.05) is 24.3 Å². The Labute approximate surface area is 169 Å². The zero-order chi connectivity index (χ0) is 20.2. The van der Waals surface area contributed by atoms with Crippen molar-refractivity contribution >= 4 is 17.4 Å². The number of benzene rings is 2. The van der Waals surface area contributed by atoms with E-state index < -0.39 is 0 Å². The predicted octanol–water partition coefficient (Wildman–Crippen LogP) is 3.44. The largest absolute Gasteiger partial charge is 0.497 e. The molecule has 0 radical (unpaired) electrons. The fraction of sp³-hybridized carbons (Fsp3) is 0.227. The van der Waals surface area contributed by atoms with Gasteiger partial charge in [-0.3, -0.25) is 4.79 Å². The number of nitrogens with one attached hydrogen (secondary N) is 1. The van der Waals surface area contributed by atoms with Gasteiger partial charge >= 0.3 is 0 Å². The van der Waals surface area contributed by atoms with E-state index >= 15 is 0 Å². The Morgan fingerprint density at radius 1 is 1.03 bits per heavy atom. The molecule has 0 aliphatic carbocycles. The number of nitrogens with zero attached hydrogens (tertiary/aromatic N) is 3. The lowest BCUT2D eigenvalue weighted by atomic mass is 10.00. The molecule has 148 valence electrons. The highest BCUT2D eigenvalue weighted by atomic mass is 16.5. The van der Waals surface area contributed by atoms with Crippen LogP contribution in [-0.2, 0) is 13.0 Å². The Kier molecular flexibility index (Phi) is 5.29. The van der Waals surface area contributed by atoms with E-state index in [1.165, 1.54) is 17.3 Å². The Hall–Kier alpha value is -3.61. The molecule has 1 aromatic heterocycles. The molecule has 4 rings (SSSR count).